The summed E-state index contributed by atoms with van der Waals surface area (Å²) in [5.74, 6) is -0.0727. The normalized spacial score (nSPS) is 12.2. The van der Waals surface area contributed by atoms with Crippen molar-refractivity contribution < 1.29 is 4.79 Å². The summed E-state index contributed by atoms with van der Waals surface area (Å²) in [6, 6.07) is 0.197. The van der Waals surface area contributed by atoms with Gasteiger partial charge in [0.15, 0.2) is 0 Å². The van der Waals surface area contributed by atoms with Crippen LogP contribution in [0.4, 0.5) is 5.69 Å². The van der Waals surface area contributed by atoms with Crippen LogP contribution in [0.5, 0.6) is 0 Å². The van der Waals surface area contributed by atoms with E-state index in [-0.39, 0.29) is 18.5 Å². The second-order valence-electron chi connectivity index (χ2n) is 3.38. The molecule has 0 fully saturated rings. The third kappa shape index (κ3) is 3.59. The Hall–Kier alpha value is -1.56. The fourth-order valence-electron chi connectivity index (χ4n) is 1.09. The topological polar surface area (TPSA) is 85.0 Å². The van der Waals surface area contributed by atoms with E-state index >= 15 is 0 Å². The van der Waals surface area contributed by atoms with Crippen LogP contribution in [0.1, 0.15) is 6.92 Å². The molecule has 0 aliphatic heterocycles. The van der Waals surface area contributed by atoms with E-state index in [0.29, 0.717) is 6.54 Å². The van der Waals surface area contributed by atoms with E-state index in [1.54, 1.807) is 24.1 Å². The van der Waals surface area contributed by atoms with Gasteiger partial charge in [0.25, 0.3) is 0 Å². The van der Waals surface area contributed by atoms with Gasteiger partial charge in [-0.25, -0.2) is 0 Å². The largest absolute Gasteiger partial charge is 0.379 e. The van der Waals surface area contributed by atoms with Crippen molar-refractivity contribution >= 4 is 11.6 Å². The fraction of sp³-hybridized carbons (Fsp3) is 0.556. The number of rotatable bonds is 5. The molecule has 0 bridgehead atoms. The van der Waals surface area contributed by atoms with E-state index in [2.05, 4.69) is 15.7 Å². The fourth-order valence-corrected chi connectivity index (χ4v) is 1.09. The number of hydrogen-bond donors (Lipinski definition) is 3. The third-order valence-corrected chi connectivity index (χ3v) is 1.98. The number of nitrogens with zero attached hydrogens (tertiary/aromatic N) is 2. The molecule has 6 heteroatoms. The van der Waals surface area contributed by atoms with Gasteiger partial charge >= 0.3 is 0 Å². The Morgan fingerprint density at radius 1 is 1.73 bits per heavy atom. The molecule has 1 atom stereocenters. The molecular weight excluding hydrogens is 194 g/mol. The number of anilines is 1. The average molecular weight is 211 g/mol. The summed E-state index contributed by atoms with van der Waals surface area (Å²) in [5.41, 5.74) is 6.35. The van der Waals surface area contributed by atoms with Crippen LogP contribution in [-0.4, -0.2) is 35.3 Å². The summed E-state index contributed by atoms with van der Waals surface area (Å²) in [5, 5.41) is 9.74. The van der Waals surface area contributed by atoms with Gasteiger partial charge in [0, 0.05) is 25.8 Å². The molecule has 15 heavy (non-hydrogen) atoms. The number of aromatic nitrogens is 2. The monoisotopic (exact) mass is 211 g/mol. The highest BCUT2D eigenvalue weighted by Crippen LogP contribution is 2.05. The van der Waals surface area contributed by atoms with Crippen LogP contribution < -0.4 is 16.4 Å². The van der Waals surface area contributed by atoms with Crippen molar-refractivity contribution in [2.45, 2.75) is 19.5 Å². The van der Waals surface area contributed by atoms with E-state index in [1.807, 2.05) is 6.92 Å². The molecule has 0 saturated carbocycles. The highest BCUT2D eigenvalue weighted by atomic mass is 16.1. The molecule has 0 saturated heterocycles. The lowest BCUT2D eigenvalue weighted by molar-refractivity contribution is -0.121. The SMILES string of the molecule is CNC(=O)Cn1cc(NC(C)CN)cn1. The summed E-state index contributed by atoms with van der Waals surface area (Å²) in [6.45, 7) is 2.77. The molecule has 84 valence electrons. The quantitative estimate of drug-likeness (QED) is 0.606. The number of carbonyl (C=O) groups is 1. The van der Waals surface area contributed by atoms with Gasteiger partial charge in [0.05, 0.1) is 11.9 Å². The predicted octanol–water partition coefficient (Wildman–Crippen LogP) is -0.612. The van der Waals surface area contributed by atoms with Crippen LogP contribution in [-0.2, 0) is 11.3 Å². The van der Waals surface area contributed by atoms with Crippen molar-refractivity contribution in [3.05, 3.63) is 12.4 Å². The van der Waals surface area contributed by atoms with Crippen molar-refractivity contribution in [2.75, 3.05) is 18.9 Å². The summed E-state index contributed by atoms with van der Waals surface area (Å²) >= 11 is 0. The van der Waals surface area contributed by atoms with Gasteiger partial charge in [-0.2, -0.15) is 5.10 Å². The van der Waals surface area contributed by atoms with Gasteiger partial charge in [-0.1, -0.05) is 0 Å². The van der Waals surface area contributed by atoms with Crippen molar-refractivity contribution in [2.24, 2.45) is 5.73 Å². The predicted molar refractivity (Wildman–Crippen MR) is 58.4 cm³/mol. The van der Waals surface area contributed by atoms with Gasteiger partial charge < -0.3 is 16.4 Å². The van der Waals surface area contributed by atoms with E-state index in [1.165, 1.54) is 0 Å². The Morgan fingerprint density at radius 2 is 2.47 bits per heavy atom. The zero-order valence-corrected chi connectivity index (χ0v) is 9.03. The van der Waals surface area contributed by atoms with E-state index in [4.69, 9.17) is 5.73 Å². The first-order chi connectivity index (χ1) is 7.15. The van der Waals surface area contributed by atoms with Gasteiger partial charge in [0.1, 0.15) is 6.54 Å². The number of likely N-dealkylation sites (N-methyl/N-ethyl adjacent to an activating group) is 1. The van der Waals surface area contributed by atoms with Gasteiger partial charge in [-0.05, 0) is 6.92 Å². The number of hydrogen-bond acceptors (Lipinski definition) is 4. The highest BCUT2D eigenvalue weighted by Gasteiger charge is 2.04. The molecular formula is C9H17N5O. The Bertz CT molecular complexity index is 322. The Morgan fingerprint density at radius 3 is 3.07 bits per heavy atom. The second-order valence-corrected chi connectivity index (χ2v) is 3.38. The number of nitrogens with one attached hydrogen (secondary N) is 2. The van der Waals surface area contributed by atoms with E-state index < -0.39 is 0 Å². The maximum Gasteiger partial charge on any atom is 0.241 e. The summed E-state index contributed by atoms with van der Waals surface area (Å²) in [7, 11) is 1.60. The Kier molecular flexibility index (Phi) is 4.11. The van der Waals surface area contributed by atoms with E-state index in [0.717, 1.165) is 5.69 Å². The number of carbonyl (C=O) groups excluding carboxylic acids is 1. The first kappa shape index (κ1) is 11.5. The minimum Gasteiger partial charge on any atom is -0.379 e. The Balaban J connectivity index is 2.52. The van der Waals surface area contributed by atoms with Crippen molar-refractivity contribution in [1.29, 1.82) is 0 Å². The lowest BCUT2D eigenvalue weighted by atomic mass is 10.3. The maximum absolute atomic E-state index is 11.1. The third-order valence-electron chi connectivity index (χ3n) is 1.98. The maximum atomic E-state index is 11.1. The average Bonchev–Trinajstić information content (AvgIpc) is 2.65. The van der Waals surface area contributed by atoms with Gasteiger partial charge in [-0.3, -0.25) is 9.48 Å². The molecule has 4 N–H and O–H groups in total. The summed E-state index contributed by atoms with van der Waals surface area (Å²) in [4.78, 5) is 11.1. The molecule has 0 aliphatic carbocycles. The zero-order chi connectivity index (χ0) is 11.3. The molecule has 0 radical (unpaired) electrons. The van der Waals surface area contributed by atoms with Crippen LogP contribution in [0.2, 0.25) is 0 Å². The zero-order valence-electron chi connectivity index (χ0n) is 9.03. The molecule has 0 aromatic carbocycles. The van der Waals surface area contributed by atoms with Crippen LogP contribution in [0.15, 0.2) is 12.4 Å². The van der Waals surface area contributed by atoms with E-state index in [9.17, 15) is 4.79 Å². The lowest BCUT2D eigenvalue weighted by Crippen LogP contribution is -2.25. The minimum absolute atomic E-state index is 0.0727. The first-order valence-corrected chi connectivity index (χ1v) is 4.85. The van der Waals surface area contributed by atoms with Crippen molar-refractivity contribution in [3.63, 3.8) is 0 Å². The highest BCUT2D eigenvalue weighted by molar-refractivity contribution is 5.75. The molecule has 1 unspecified atom stereocenters. The molecule has 1 amide bonds. The van der Waals surface area contributed by atoms with Crippen LogP contribution in [0.3, 0.4) is 0 Å². The standard InChI is InChI=1S/C9H17N5O/c1-7(3-10)13-8-4-12-14(5-8)6-9(15)11-2/h4-5,7,13H,3,6,10H2,1-2H3,(H,11,15). The number of amides is 1. The molecule has 1 heterocycles. The second kappa shape index (κ2) is 5.35. The molecule has 1 aromatic heterocycles. The van der Waals surface area contributed by atoms with Crippen molar-refractivity contribution in [1.82, 2.24) is 15.1 Å². The molecule has 1 aromatic rings. The first-order valence-electron chi connectivity index (χ1n) is 4.85. The van der Waals surface area contributed by atoms with Crippen LogP contribution >= 0.6 is 0 Å². The summed E-state index contributed by atoms with van der Waals surface area (Å²) < 4.78 is 1.57. The Labute approximate surface area is 88.8 Å². The van der Waals surface area contributed by atoms with Crippen LogP contribution in [0, 0.1) is 0 Å². The molecule has 1 rings (SSSR count). The van der Waals surface area contributed by atoms with Gasteiger partial charge in [0.2, 0.25) is 5.91 Å². The molecule has 0 aliphatic rings. The summed E-state index contributed by atoms with van der Waals surface area (Å²) in [6.07, 6.45) is 3.45. The molecule has 6 nitrogen and oxygen atoms in total. The molecule has 0 spiro atoms. The van der Waals surface area contributed by atoms with Gasteiger partial charge in [-0.15, -0.1) is 0 Å². The minimum atomic E-state index is -0.0727. The smallest absolute Gasteiger partial charge is 0.241 e. The number of nitrogens with two attached hydrogens (primary N) is 1. The van der Waals surface area contributed by atoms with Crippen LogP contribution in [0.25, 0.3) is 0 Å². The van der Waals surface area contributed by atoms with Crippen molar-refractivity contribution in [3.8, 4) is 0 Å². The lowest BCUT2D eigenvalue weighted by Gasteiger charge is -2.09.